The molecule has 2 aromatic heterocycles. The van der Waals surface area contributed by atoms with Crippen molar-refractivity contribution in [2.45, 2.75) is 50.7 Å². The summed E-state index contributed by atoms with van der Waals surface area (Å²) in [6.45, 7) is 3.54. The van der Waals surface area contributed by atoms with Gasteiger partial charge in [-0.1, -0.05) is 17.7 Å². The molecule has 0 radical (unpaired) electrons. The number of methoxy groups -OCH3 is 1. The predicted molar refractivity (Wildman–Crippen MR) is 142 cm³/mol. The van der Waals surface area contributed by atoms with Crippen LogP contribution in [0.2, 0.25) is 5.02 Å². The molecule has 1 saturated heterocycles. The van der Waals surface area contributed by atoms with Gasteiger partial charge in [0.05, 0.1) is 10.9 Å². The number of ether oxygens (including phenoxy) is 1. The van der Waals surface area contributed by atoms with Crippen LogP contribution in [0.15, 0.2) is 47.5 Å². The molecule has 0 spiro atoms. The third-order valence-electron chi connectivity index (χ3n) is 7.65. The number of nitrogens with one attached hydrogen (secondary N) is 1. The molecule has 7 nitrogen and oxygen atoms in total. The molecule has 1 saturated carbocycles. The number of aryl methyl sites for hydroxylation is 2. The number of hydrogen-bond donors (Lipinski definition) is 1. The molecule has 3 heterocycles. The van der Waals surface area contributed by atoms with Crippen molar-refractivity contribution in [3.8, 4) is 0 Å². The molecule has 1 aliphatic heterocycles. The number of carbonyl (C=O) groups excluding carboxylic acids is 1. The summed E-state index contributed by atoms with van der Waals surface area (Å²) in [4.78, 5) is 28.5. The van der Waals surface area contributed by atoms with Crippen LogP contribution in [-0.4, -0.2) is 52.8 Å². The van der Waals surface area contributed by atoms with Crippen LogP contribution >= 0.6 is 11.6 Å². The Morgan fingerprint density at radius 1 is 1.25 bits per heavy atom. The number of carbonyl (C=O) groups is 1. The van der Waals surface area contributed by atoms with Crippen molar-refractivity contribution in [1.82, 2.24) is 19.4 Å². The third-order valence-corrected chi connectivity index (χ3v) is 7.96. The number of hydrogen-bond acceptors (Lipinski definition) is 4. The number of pyridine rings is 1. The van der Waals surface area contributed by atoms with Gasteiger partial charge in [-0.05, 0) is 67.5 Å². The monoisotopic (exact) mass is 510 g/mol. The van der Waals surface area contributed by atoms with E-state index in [2.05, 4.69) is 27.0 Å². The molecule has 2 aliphatic rings. The summed E-state index contributed by atoms with van der Waals surface area (Å²) in [6, 6.07) is 9.95. The molecule has 0 bridgehead atoms. The summed E-state index contributed by atoms with van der Waals surface area (Å²) >= 11 is 6.69. The van der Waals surface area contributed by atoms with Gasteiger partial charge in [0.2, 0.25) is 5.91 Å². The van der Waals surface area contributed by atoms with Crippen LogP contribution in [0, 0.1) is 5.92 Å². The number of fused-ring (bicyclic) bond motifs is 1. The lowest BCUT2D eigenvalue weighted by Crippen LogP contribution is -2.47. The molecule has 192 valence electrons. The van der Waals surface area contributed by atoms with Gasteiger partial charge < -0.3 is 24.1 Å². The highest BCUT2D eigenvalue weighted by atomic mass is 35.5. The van der Waals surface area contributed by atoms with Crippen LogP contribution in [-0.2, 0) is 29.7 Å². The maximum absolute atomic E-state index is 14.1. The van der Waals surface area contributed by atoms with Crippen molar-refractivity contribution in [2.75, 3.05) is 26.8 Å². The van der Waals surface area contributed by atoms with Crippen LogP contribution in [0.1, 0.15) is 42.7 Å². The Hall–Kier alpha value is -2.61. The fraction of sp³-hybridized carbons (Fsp3) is 0.500. The molecular weight excluding hydrogens is 476 g/mol. The SMILES string of the molecule is COCCCn1cc(CN(C(=O)[C@H]2CNCC[C@@H]2c2ccn(C)c(=O)c2)C2CC2)c2c(Cl)cccc21. The number of piperidine rings is 1. The van der Waals surface area contributed by atoms with E-state index in [1.165, 1.54) is 0 Å². The van der Waals surface area contributed by atoms with E-state index >= 15 is 0 Å². The zero-order chi connectivity index (χ0) is 25.2. The second-order valence-corrected chi connectivity index (χ2v) is 10.5. The average molecular weight is 511 g/mol. The first-order chi connectivity index (χ1) is 17.5. The zero-order valence-corrected chi connectivity index (χ0v) is 21.8. The van der Waals surface area contributed by atoms with Crippen LogP contribution in [0.3, 0.4) is 0 Å². The van der Waals surface area contributed by atoms with Gasteiger partial charge in [-0.25, -0.2) is 0 Å². The molecule has 1 amide bonds. The molecule has 2 atom stereocenters. The maximum Gasteiger partial charge on any atom is 0.250 e. The fourth-order valence-corrected chi connectivity index (χ4v) is 5.85. The average Bonchev–Trinajstić information content (AvgIpc) is 3.66. The second-order valence-electron chi connectivity index (χ2n) is 10.1. The van der Waals surface area contributed by atoms with Gasteiger partial charge in [0, 0.05) is 75.8 Å². The maximum atomic E-state index is 14.1. The van der Waals surface area contributed by atoms with Gasteiger partial charge in [-0.15, -0.1) is 0 Å². The fourth-order valence-electron chi connectivity index (χ4n) is 5.56. The lowest BCUT2D eigenvalue weighted by Gasteiger charge is -2.35. The molecule has 1 N–H and O–H groups in total. The summed E-state index contributed by atoms with van der Waals surface area (Å²) in [7, 11) is 3.47. The van der Waals surface area contributed by atoms with Crippen LogP contribution in [0.5, 0.6) is 0 Å². The lowest BCUT2D eigenvalue weighted by molar-refractivity contribution is -0.138. The van der Waals surface area contributed by atoms with Gasteiger partial charge in [0.1, 0.15) is 0 Å². The van der Waals surface area contributed by atoms with E-state index in [0.29, 0.717) is 24.7 Å². The van der Waals surface area contributed by atoms with Gasteiger partial charge in [0.25, 0.3) is 5.56 Å². The van der Waals surface area contributed by atoms with Gasteiger partial charge in [-0.2, -0.15) is 0 Å². The standard InChI is InChI=1S/C28H35ClN4O3/c1-31-13-10-19(15-26(31)34)22-9-11-30-16-23(22)28(35)33(21-7-8-21)18-20-17-32(12-4-14-36-2)25-6-3-5-24(29)27(20)25/h3,5-6,10,13,15,17,21-23,30H,4,7-9,11-12,14,16,18H2,1-2H3/t22-,23+/m1/s1. The molecule has 3 aromatic rings. The van der Waals surface area contributed by atoms with E-state index < -0.39 is 0 Å². The molecule has 5 rings (SSSR count). The highest BCUT2D eigenvalue weighted by molar-refractivity contribution is 6.35. The minimum absolute atomic E-state index is 0.0350. The number of benzene rings is 1. The van der Waals surface area contributed by atoms with E-state index in [4.69, 9.17) is 16.3 Å². The molecule has 2 fully saturated rings. The number of nitrogens with zero attached hydrogens (tertiary/aromatic N) is 3. The molecular formula is C28H35ClN4O3. The van der Waals surface area contributed by atoms with Crippen molar-refractivity contribution in [2.24, 2.45) is 13.0 Å². The lowest BCUT2D eigenvalue weighted by atomic mass is 9.80. The highest BCUT2D eigenvalue weighted by Crippen LogP contribution is 2.37. The van der Waals surface area contributed by atoms with Gasteiger partial charge >= 0.3 is 0 Å². The number of amides is 1. The third kappa shape index (κ3) is 5.10. The van der Waals surface area contributed by atoms with Crippen molar-refractivity contribution in [3.05, 3.63) is 69.2 Å². The first-order valence-corrected chi connectivity index (χ1v) is 13.3. The molecule has 8 heteroatoms. The smallest absolute Gasteiger partial charge is 0.250 e. The van der Waals surface area contributed by atoms with E-state index in [0.717, 1.165) is 60.8 Å². The van der Waals surface area contributed by atoms with E-state index in [-0.39, 0.29) is 29.3 Å². The van der Waals surface area contributed by atoms with Crippen LogP contribution in [0.25, 0.3) is 10.9 Å². The van der Waals surface area contributed by atoms with Gasteiger partial charge in [-0.3, -0.25) is 9.59 Å². The predicted octanol–water partition coefficient (Wildman–Crippen LogP) is 3.91. The Kier molecular flexibility index (Phi) is 7.51. The number of halogens is 1. The summed E-state index contributed by atoms with van der Waals surface area (Å²) in [6.07, 6.45) is 7.77. The highest BCUT2D eigenvalue weighted by Gasteiger charge is 2.40. The second kappa shape index (κ2) is 10.8. The minimum atomic E-state index is -0.197. The van der Waals surface area contributed by atoms with Crippen LogP contribution in [0.4, 0.5) is 0 Å². The Morgan fingerprint density at radius 2 is 2.08 bits per heavy atom. The summed E-state index contributed by atoms with van der Waals surface area (Å²) in [5.74, 6) is 0.00701. The molecule has 0 unspecified atom stereocenters. The van der Waals surface area contributed by atoms with Crippen molar-refractivity contribution >= 4 is 28.4 Å². The minimum Gasteiger partial charge on any atom is -0.385 e. The van der Waals surface area contributed by atoms with Crippen molar-refractivity contribution in [3.63, 3.8) is 0 Å². The Bertz CT molecular complexity index is 1300. The summed E-state index contributed by atoms with van der Waals surface area (Å²) < 4.78 is 9.06. The van der Waals surface area contributed by atoms with E-state index in [1.807, 2.05) is 18.2 Å². The molecule has 1 aliphatic carbocycles. The van der Waals surface area contributed by atoms with Gasteiger partial charge in [0.15, 0.2) is 0 Å². The van der Waals surface area contributed by atoms with Crippen molar-refractivity contribution < 1.29 is 9.53 Å². The first-order valence-electron chi connectivity index (χ1n) is 12.9. The molecule has 36 heavy (non-hydrogen) atoms. The summed E-state index contributed by atoms with van der Waals surface area (Å²) in [5, 5.41) is 5.17. The van der Waals surface area contributed by atoms with E-state index in [9.17, 15) is 9.59 Å². The normalized spacial score (nSPS) is 20.1. The first kappa shape index (κ1) is 25.1. The van der Waals surface area contributed by atoms with Crippen molar-refractivity contribution in [1.29, 1.82) is 0 Å². The number of rotatable bonds is 9. The van der Waals surface area contributed by atoms with Crippen LogP contribution < -0.4 is 10.9 Å². The largest absolute Gasteiger partial charge is 0.385 e. The Balaban J connectivity index is 1.44. The molecule has 1 aromatic carbocycles. The topological polar surface area (TPSA) is 68.5 Å². The Morgan fingerprint density at radius 3 is 2.83 bits per heavy atom. The quantitative estimate of drug-likeness (QED) is 0.443. The summed E-state index contributed by atoms with van der Waals surface area (Å²) in [5.41, 5.74) is 3.11. The number of aromatic nitrogens is 2. The Labute approximate surface area is 217 Å². The van der Waals surface area contributed by atoms with E-state index in [1.54, 1.807) is 31.0 Å². The zero-order valence-electron chi connectivity index (χ0n) is 21.1.